The number of hydrogen-bond acceptors (Lipinski definition) is 3. The quantitative estimate of drug-likeness (QED) is 0.607. The largest absolute Gasteiger partial charge is 0.497 e. The molecule has 1 atom stereocenters. The van der Waals surface area contributed by atoms with Crippen LogP contribution in [0.15, 0.2) is 36.4 Å². The van der Waals surface area contributed by atoms with Crippen molar-refractivity contribution in [2.45, 2.75) is 6.92 Å². The van der Waals surface area contributed by atoms with Gasteiger partial charge in [0.1, 0.15) is 17.3 Å². The van der Waals surface area contributed by atoms with Crippen molar-refractivity contribution in [3.05, 3.63) is 47.8 Å². The van der Waals surface area contributed by atoms with Crippen molar-refractivity contribution in [2.24, 2.45) is 0 Å². The maximum atomic E-state index is 14.0. The minimum absolute atomic E-state index is 0.146. The van der Waals surface area contributed by atoms with E-state index in [-0.39, 0.29) is 21.2 Å². The van der Waals surface area contributed by atoms with Crippen LogP contribution in [0.2, 0.25) is 0 Å². The lowest BCUT2D eigenvalue weighted by Gasteiger charge is -2.13. The third-order valence-corrected chi connectivity index (χ3v) is 4.25. The summed E-state index contributed by atoms with van der Waals surface area (Å²) in [6.45, 7) is 2.02. The Balaban J connectivity index is 2.31. The first kappa shape index (κ1) is 15.7. The number of halogens is 1. The summed E-state index contributed by atoms with van der Waals surface area (Å²) in [4.78, 5) is 0. The molecule has 2 aromatic carbocycles. The summed E-state index contributed by atoms with van der Waals surface area (Å²) >= 11 is 0. The second-order valence-electron chi connectivity index (χ2n) is 4.52. The van der Waals surface area contributed by atoms with Gasteiger partial charge in [-0.3, -0.25) is 0 Å². The molecule has 0 aliphatic rings. The molecule has 0 heterocycles. The molecule has 2 aromatic rings. The number of aryl methyl sites for hydroxylation is 1. The molecule has 0 N–H and O–H groups in total. The number of benzene rings is 2. The van der Waals surface area contributed by atoms with E-state index >= 15 is 0 Å². The van der Waals surface area contributed by atoms with Crippen LogP contribution in [0, 0.1) is 12.7 Å². The molecule has 0 radical (unpaired) electrons. The standard InChI is InChI=1S/C16H18FO3P/c1-11-4-7-15(13(17)8-11)21-16-9-12(19-3)5-6-14(16)20-10-18-2/h4-9,21H,10H2,1-3H3. The van der Waals surface area contributed by atoms with Gasteiger partial charge in [-0.25, -0.2) is 4.39 Å². The molecule has 0 aliphatic carbocycles. The first-order chi connectivity index (χ1) is 10.1. The van der Waals surface area contributed by atoms with Gasteiger partial charge in [0.25, 0.3) is 0 Å². The highest BCUT2D eigenvalue weighted by atomic mass is 31.1. The molecule has 21 heavy (non-hydrogen) atoms. The van der Waals surface area contributed by atoms with Gasteiger partial charge in [0.05, 0.1) is 7.11 Å². The van der Waals surface area contributed by atoms with Crippen LogP contribution >= 0.6 is 8.58 Å². The third-order valence-electron chi connectivity index (χ3n) is 2.91. The van der Waals surface area contributed by atoms with Gasteiger partial charge in [0.2, 0.25) is 0 Å². The van der Waals surface area contributed by atoms with E-state index in [1.807, 2.05) is 37.3 Å². The maximum absolute atomic E-state index is 14.0. The van der Waals surface area contributed by atoms with Crippen LogP contribution in [0.3, 0.4) is 0 Å². The molecule has 3 nitrogen and oxygen atoms in total. The maximum Gasteiger partial charge on any atom is 0.188 e. The molecule has 0 saturated heterocycles. The van der Waals surface area contributed by atoms with Crippen LogP contribution in [0.5, 0.6) is 11.5 Å². The molecule has 0 spiro atoms. The molecule has 2 rings (SSSR count). The molecular weight excluding hydrogens is 290 g/mol. The smallest absolute Gasteiger partial charge is 0.188 e. The molecule has 0 aliphatic heterocycles. The van der Waals surface area contributed by atoms with E-state index in [9.17, 15) is 4.39 Å². The minimum Gasteiger partial charge on any atom is -0.497 e. The van der Waals surface area contributed by atoms with Crippen molar-refractivity contribution in [3.63, 3.8) is 0 Å². The predicted octanol–water partition coefficient (Wildman–Crippen LogP) is 2.75. The summed E-state index contributed by atoms with van der Waals surface area (Å²) in [5.74, 6) is 1.19. The highest BCUT2D eigenvalue weighted by Gasteiger charge is 2.10. The summed E-state index contributed by atoms with van der Waals surface area (Å²) in [7, 11) is 3.31. The van der Waals surface area contributed by atoms with Gasteiger partial charge in [0.15, 0.2) is 6.79 Å². The van der Waals surface area contributed by atoms with Crippen LogP contribution in [0.25, 0.3) is 0 Å². The van der Waals surface area contributed by atoms with Crippen molar-refractivity contribution in [1.82, 2.24) is 0 Å². The Morgan fingerprint density at radius 2 is 1.86 bits per heavy atom. The number of rotatable bonds is 6. The normalized spacial score (nSPS) is 11.0. The van der Waals surface area contributed by atoms with Crippen molar-refractivity contribution in [3.8, 4) is 11.5 Å². The highest BCUT2D eigenvalue weighted by Crippen LogP contribution is 2.24. The fraction of sp³-hybridized carbons (Fsp3) is 0.250. The summed E-state index contributed by atoms with van der Waals surface area (Å²) in [6.07, 6.45) is 0. The zero-order chi connectivity index (χ0) is 15.2. The van der Waals surface area contributed by atoms with Crippen molar-refractivity contribution < 1.29 is 18.6 Å². The van der Waals surface area contributed by atoms with Crippen LogP contribution in [-0.4, -0.2) is 21.0 Å². The van der Waals surface area contributed by atoms with Crippen molar-refractivity contribution in [1.29, 1.82) is 0 Å². The van der Waals surface area contributed by atoms with Gasteiger partial charge < -0.3 is 14.2 Å². The van der Waals surface area contributed by atoms with E-state index in [1.165, 1.54) is 6.07 Å². The summed E-state index contributed by atoms with van der Waals surface area (Å²) in [5, 5.41) is 1.53. The summed E-state index contributed by atoms with van der Waals surface area (Å²) in [5.41, 5.74) is 0.905. The van der Waals surface area contributed by atoms with Crippen LogP contribution < -0.4 is 20.1 Å². The molecule has 0 amide bonds. The number of ether oxygens (including phenoxy) is 3. The molecule has 0 fully saturated rings. The van der Waals surface area contributed by atoms with Gasteiger partial charge in [-0.15, -0.1) is 0 Å². The Morgan fingerprint density at radius 1 is 1.05 bits per heavy atom. The molecule has 0 aromatic heterocycles. The highest BCUT2D eigenvalue weighted by molar-refractivity contribution is 7.55. The van der Waals surface area contributed by atoms with Crippen LogP contribution in [0.1, 0.15) is 5.56 Å². The number of hydrogen-bond donors (Lipinski definition) is 0. The molecule has 1 unspecified atom stereocenters. The topological polar surface area (TPSA) is 27.7 Å². The van der Waals surface area contributed by atoms with Crippen LogP contribution in [0.4, 0.5) is 4.39 Å². The average Bonchev–Trinajstić information content (AvgIpc) is 2.48. The van der Waals surface area contributed by atoms with Gasteiger partial charge in [-0.2, -0.15) is 0 Å². The molecule has 112 valence electrons. The zero-order valence-electron chi connectivity index (χ0n) is 12.3. The van der Waals surface area contributed by atoms with E-state index in [2.05, 4.69) is 0 Å². The minimum atomic E-state index is -0.200. The van der Waals surface area contributed by atoms with E-state index in [4.69, 9.17) is 14.2 Å². The van der Waals surface area contributed by atoms with E-state index in [0.29, 0.717) is 11.1 Å². The lowest BCUT2D eigenvalue weighted by atomic mass is 10.2. The molecule has 0 saturated carbocycles. The Hall–Kier alpha value is -1.64. The monoisotopic (exact) mass is 308 g/mol. The summed E-state index contributed by atoms with van der Waals surface area (Å²) < 4.78 is 29.7. The summed E-state index contributed by atoms with van der Waals surface area (Å²) in [6, 6.07) is 10.7. The Bertz CT molecular complexity index is 616. The first-order valence-electron chi connectivity index (χ1n) is 6.47. The van der Waals surface area contributed by atoms with Gasteiger partial charge >= 0.3 is 0 Å². The lowest BCUT2D eigenvalue weighted by molar-refractivity contribution is 0.0519. The van der Waals surface area contributed by atoms with Gasteiger partial charge in [-0.1, -0.05) is 20.7 Å². The third kappa shape index (κ3) is 4.16. The molecule has 5 heteroatoms. The predicted molar refractivity (Wildman–Crippen MR) is 84.2 cm³/mol. The zero-order valence-corrected chi connectivity index (χ0v) is 13.3. The van der Waals surface area contributed by atoms with E-state index in [0.717, 1.165) is 16.6 Å². The second-order valence-corrected chi connectivity index (χ2v) is 5.85. The second kappa shape index (κ2) is 7.39. The first-order valence-corrected chi connectivity index (χ1v) is 7.47. The van der Waals surface area contributed by atoms with Crippen LogP contribution in [-0.2, 0) is 4.74 Å². The molecule has 0 bridgehead atoms. The SMILES string of the molecule is COCOc1ccc(OC)cc1Pc1ccc(C)cc1F. The van der Waals surface area contributed by atoms with Crippen molar-refractivity contribution >= 4 is 19.2 Å². The Morgan fingerprint density at radius 3 is 2.52 bits per heavy atom. The lowest BCUT2D eigenvalue weighted by Crippen LogP contribution is -2.12. The van der Waals surface area contributed by atoms with E-state index in [1.54, 1.807) is 14.2 Å². The Labute approximate surface area is 125 Å². The average molecular weight is 308 g/mol. The van der Waals surface area contributed by atoms with Gasteiger partial charge in [0, 0.05) is 17.7 Å². The fourth-order valence-corrected chi connectivity index (χ4v) is 2.99. The Kier molecular flexibility index (Phi) is 5.54. The molecular formula is C16H18FO3P. The van der Waals surface area contributed by atoms with E-state index < -0.39 is 0 Å². The number of methoxy groups -OCH3 is 2. The fourth-order valence-electron chi connectivity index (χ4n) is 1.85. The van der Waals surface area contributed by atoms with Crippen molar-refractivity contribution in [2.75, 3.05) is 21.0 Å². The van der Waals surface area contributed by atoms with Gasteiger partial charge in [-0.05, 0) is 36.8 Å².